The van der Waals surface area contributed by atoms with Crippen LogP contribution in [0.4, 0.5) is 0 Å². The van der Waals surface area contributed by atoms with E-state index in [0.29, 0.717) is 18.6 Å². The van der Waals surface area contributed by atoms with Gasteiger partial charge in [-0.2, -0.15) is 4.31 Å². The number of nitrogens with zero attached hydrogens (tertiary/aromatic N) is 3. The zero-order chi connectivity index (χ0) is 23.5. The topological polar surface area (TPSA) is 98.1 Å². The maximum atomic E-state index is 13.2. The lowest BCUT2D eigenvalue weighted by molar-refractivity contribution is -0.110. The fourth-order valence-electron chi connectivity index (χ4n) is 3.97. The zero-order valence-electron chi connectivity index (χ0n) is 19.0. The zero-order valence-corrected chi connectivity index (χ0v) is 19.9. The van der Waals surface area contributed by atoms with Crippen LogP contribution in [0.3, 0.4) is 0 Å². The molecule has 2 heterocycles. The summed E-state index contributed by atoms with van der Waals surface area (Å²) < 4.78 is 39.8. The molecule has 9 nitrogen and oxygen atoms in total. The van der Waals surface area contributed by atoms with Crippen LogP contribution in [0.1, 0.15) is 36.0 Å². The number of hydrogen-bond donors (Lipinski definition) is 0. The minimum Gasteiger partial charge on any atom is -0.354 e. The second-order valence-corrected chi connectivity index (χ2v) is 10.0. The maximum Gasteiger partial charge on any atom is 0.259 e. The van der Waals surface area contributed by atoms with Gasteiger partial charge in [-0.1, -0.05) is 12.8 Å². The monoisotopic (exact) mass is 465 g/mol. The smallest absolute Gasteiger partial charge is 0.259 e. The standard InChI is InChI=1S/C22H31N3O6S/c1-23-14-18(22(27)24(2)15-20(30-3)31-4)21(26)17-13-16(9-10-19(17)23)32(28,29)25-11-7-5-6-8-12-25/h9-10,13-14,20H,5-8,11-12,15H2,1-4H3. The van der Waals surface area contributed by atoms with E-state index in [-0.39, 0.29) is 22.4 Å². The number of rotatable bonds is 7. The molecule has 32 heavy (non-hydrogen) atoms. The molecule has 1 amide bonds. The lowest BCUT2D eigenvalue weighted by atomic mass is 10.1. The van der Waals surface area contributed by atoms with Crippen molar-refractivity contribution in [2.24, 2.45) is 7.05 Å². The summed E-state index contributed by atoms with van der Waals surface area (Å²) in [7, 11) is 2.48. The van der Waals surface area contributed by atoms with E-state index in [4.69, 9.17) is 9.47 Å². The van der Waals surface area contributed by atoms with Gasteiger partial charge in [-0.3, -0.25) is 9.59 Å². The minimum atomic E-state index is -3.72. The lowest BCUT2D eigenvalue weighted by Gasteiger charge is -2.22. The van der Waals surface area contributed by atoms with Crippen molar-refractivity contribution < 1.29 is 22.7 Å². The first-order valence-corrected chi connectivity index (χ1v) is 12.1. The van der Waals surface area contributed by atoms with Gasteiger partial charge in [0.05, 0.1) is 17.0 Å². The van der Waals surface area contributed by atoms with Crippen LogP contribution in [0.25, 0.3) is 10.9 Å². The Kier molecular flexibility index (Phi) is 7.71. The second kappa shape index (κ2) is 10.1. The number of carbonyl (C=O) groups excluding carboxylic acids is 1. The average Bonchev–Trinajstić information content (AvgIpc) is 3.09. The van der Waals surface area contributed by atoms with Gasteiger partial charge in [0.2, 0.25) is 15.5 Å². The van der Waals surface area contributed by atoms with Crippen molar-refractivity contribution in [3.63, 3.8) is 0 Å². The molecule has 0 N–H and O–H groups in total. The summed E-state index contributed by atoms with van der Waals surface area (Å²) in [5.74, 6) is -0.493. The van der Waals surface area contributed by atoms with Gasteiger partial charge < -0.3 is 18.9 Å². The molecule has 1 aromatic heterocycles. The Bertz CT molecular complexity index is 1130. The number of sulfonamides is 1. The third kappa shape index (κ3) is 4.88. The number of amides is 1. The number of aromatic nitrogens is 1. The molecule has 0 saturated carbocycles. The van der Waals surface area contributed by atoms with E-state index in [0.717, 1.165) is 25.7 Å². The molecule has 1 aromatic carbocycles. The Morgan fingerprint density at radius 1 is 1.12 bits per heavy atom. The number of fused-ring (bicyclic) bond motifs is 1. The van der Waals surface area contributed by atoms with Crippen LogP contribution in [-0.4, -0.2) is 75.3 Å². The molecule has 1 aliphatic heterocycles. The fourth-order valence-corrected chi connectivity index (χ4v) is 5.52. The van der Waals surface area contributed by atoms with Gasteiger partial charge >= 0.3 is 0 Å². The fraction of sp³-hybridized carbons (Fsp3) is 0.545. The number of hydrogen-bond acceptors (Lipinski definition) is 6. The number of likely N-dealkylation sites (N-methyl/N-ethyl adjacent to an activating group) is 1. The summed E-state index contributed by atoms with van der Waals surface area (Å²) in [6.07, 6.45) is 4.51. The van der Waals surface area contributed by atoms with Crippen molar-refractivity contribution in [2.45, 2.75) is 36.9 Å². The molecule has 0 radical (unpaired) electrons. The highest BCUT2D eigenvalue weighted by atomic mass is 32.2. The molecule has 0 atom stereocenters. The van der Waals surface area contributed by atoms with Crippen LogP contribution in [0.2, 0.25) is 0 Å². The molecule has 1 aliphatic rings. The average molecular weight is 466 g/mol. The van der Waals surface area contributed by atoms with Crippen molar-refractivity contribution in [2.75, 3.05) is 40.9 Å². The van der Waals surface area contributed by atoms with Crippen molar-refractivity contribution in [3.05, 3.63) is 40.2 Å². The third-order valence-corrected chi connectivity index (χ3v) is 7.78. The quantitative estimate of drug-likeness (QED) is 0.579. The van der Waals surface area contributed by atoms with Crippen molar-refractivity contribution in [1.82, 2.24) is 13.8 Å². The number of carbonyl (C=O) groups is 1. The summed E-state index contributed by atoms with van der Waals surface area (Å²) in [4.78, 5) is 27.6. The molecule has 1 saturated heterocycles. The molecule has 1 fully saturated rings. The van der Waals surface area contributed by atoms with Gasteiger partial charge in [0.25, 0.3) is 5.91 Å². The maximum absolute atomic E-state index is 13.2. The van der Waals surface area contributed by atoms with Gasteiger partial charge in [-0.05, 0) is 31.0 Å². The SMILES string of the molecule is COC(CN(C)C(=O)c1cn(C)c2ccc(S(=O)(=O)N3CCCCCC3)cc2c1=O)OC. The Labute approximate surface area is 188 Å². The number of methoxy groups -OCH3 is 2. The first-order chi connectivity index (χ1) is 15.2. The van der Waals surface area contributed by atoms with E-state index in [1.807, 2.05) is 0 Å². The van der Waals surface area contributed by atoms with Crippen LogP contribution in [0.5, 0.6) is 0 Å². The van der Waals surface area contributed by atoms with E-state index in [2.05, 4.69) is 0 Å². The van der Waals surface area contributed by atoms with Crippen LogP contribution < -0.4 is 5.43 Å². The number of benzene rings is 1. The van der Waals surface area contributed by atoms with Crippen LogP contribution >= 0.6 is 0 Å². The van der Waals surface area contributed by atoms with Crippen molar-refractivity contribution in [3.8, 4) is 0 Å². The number of pyridine rings is 1. The third-order valence-electron chi connectivity index (χ3n) is 5.89. The number of aryl methyl sites for hydroxylation is 1. The molecular weight excluding hydrogens is 434 g/mol. The first-order valence-electron chi connectivity index (χ1n) is 10.6. The predicted octanol–water partition coefficient (Wildman–Crippen LogP) is 1.79. The van der Waals surface area contributed by atoms with Gasteiger partial charge in [-0.15, -0.1) is 0 Å². The lowest BCUT2D eigenvalue weighted by Crippen LogP contribution is -2.38. The number of ether oxygens (including phenoxy) is 2. The molecule has 176 valence electrons. The van der Waals surface area contributed by atoms with Crippen molar-refractivity contribution >= 4 is 26.8 Å². The van der Waals surface area contributed by atoms with Gasteiger partial charge in [-0.25, -0.2) is 8.42 Å². The van der Waals surface area contributed by atoms with Gasteiger partial charge in [0, 0.05) is 53.0 Å². The van der Waals surface area contributed by atoms with E-state index >= 15 is 0 Å². The second-order valence-electron chi connectivity index (χ2n) is 8.07. The Balaban J connectivity index is 2.03. The highest BCUT2D eigenvalue weighted by Gasteiger charge is 2.27. The van der Waals surface area contributed by atoms with Crippen LogP contribution in [0.15, 0.2) is 34.1 Å². The molecular formula is C22H31N3O6S. The normalized spacial score (nSPS) is 15.8. The first kappa shape index (κ1) is 24.4. The van der Waals surface area contributed by atoms with E-state index in [9.17, 15) is 18.0 Å². The van der Waals surface area contributed by atoms with Crippen LogP contribution in [-0.2, 0) is 26.5 Å². The van der Waals surface area contributed by atoms with E-state index in [1.54, 1.807) is 24.7 Å². The molecule has 3 rings (SSSR count). The highest BCUT2D eigenvalue weighted by molar-refractivity contribution is 7.89. The molecule has 2 aromatic rings. The van der Waals surface area contributed by atoms with E-state index < -0.39 is 27.6 Å². The summed E-state index contributed by atoms with van der Waals surface area (Å²) in [5.41, 5.74) is 0.00251. The molecule has 0 spiro atoms. The molecule has 0 aliphatic carbocycles. The highest BCUT2D eigenvalue weighted by Crippen LogP contribution is 2.23. The largest absolute Gasteiger partial charge is 0.354 e. The molecule has 0 bridgehead atoms. The predicted molar refractivity (Wildman–Crippen MR) is 121 cm³/mol. The summed E-state index contributed by atoms with van der Waals surface area (Å²) >= 11 is 0. The molecule has 0 unspecified atom stereocenters. The van der Waals surface area contributed by atoms with Crippen molar-refractivity contribution in [1.29, 1.82) is 0 Å². The van der Waals surface area contributed by atoms with Gasteiger partial charge in [0.1, 0.15) is 5.56 Å². The Morgan fingerprint density at radius 3 is 2.34 bits per heavy atom. The van der Waals surface area contributed by atoms with E-state index in [1.165, 1.54) is 41.8 Å². The summed E-state index contributed by atoms with van der Waals surface area (Å²) in [6, 6.07) is 4.53. The minimum absolute atomic E-state index is 0.0437. The summed E-state index contributed by atoms with van der Waals surface area (Å²) in [5, 5.41) is 0.192. The Hall–Kier alpha value is -2.27. The molecule has 10 heteroatoms. The Morgan fingerprint density at radius 2 is 1.75 bits per heavy atom. The van der Waals surface area contributed by atoms with Gasteiger partial charge in [0.15, 0.2) is 6.29 Å². The van der Waals surface area contributed by atoms with Crippen LogP contribution in [0, 0.1) is 0 Å². The summed E-state index contributed by atoms with van der Waals surface area (Å²) in [6.45, 7) is 1.08.